The Kier molecular flexibility index (Phi) is 2.38. The summed E-state index contributed by atoms with van der Waals surface area (Å²) in [6.07, 6.45) is 0.941. The van der Waals surface area contributed by atoms with E-state index >= 15 is 0 Å². The van der Waals surface area contributed by atoms with Crippen LogP contribution in [0.2, 0.25) is 0 Å². The van der Waals surface area contributed by atoms with E-state index in [1.54, 1.807) is 0 Å². The molecule has 3 heterocycles. The molecule has 1 unspecified atom stereocenters. The highest BCUT2D eigenvalue weighted by molar-refractivity contribution is 5.42. The average molecular weight is 271 g/mol. The van der Waals surface area contributed by atoms with Crippen LogP contribution >= 0.6 is 0 Å². The number of hydrogen-bond acceptors (Lipinski definition) is 7. The fourth-order valence-electron chi connectivity index (χ4n) is 1.92. The molecule has 100 valence electrons. The summed E-state index contributed by atoms with van der Waals surface area (Å²) in [5.41, 5.74) is 0. The molecule has 2 aromatic heterocycles. The number of aromatic nitrogens is 5. The van der Waals surface area contributed by atoms with Crippen molar-refractivity contribution in [2.24, 2.45) is 0 Å². The summed E-state index contributed by atoms with van der Waals surface area (Å²) >= 11 is 0. The van der Waals surface area contributed by atoms with E-state index in [4.69, 9.17) is 14.0 Å². The van der Waals surface area contributed by atoms with Crippen LogP contribution < -0.4 is 9.47 Å². The molecule has 0 radical (unpaired) electrons. The van der Waals surface area contributed by atoms with Gasteiger partial charge in [0.15, 0.2) is 17.3 Å². The fraction of sp³-hybridized carbons (Fsp3) is 0.167. The molecule has 3 aromatic rings. The van der Waals surface area contributed by atoms with E-state index in [1.807, 2.05) is 24.3 Å². The molecule has 0 fully saturated rings. The van der Waals surface area contributed by atoms with E-state index in [2.05, 4.69) is 25.3 Å². The first kappa shape index (κ1) is 11.0. The Morgan fingerprint density at radius 3 is 2.95 bits per heavy atom. The van der Waals surface area contributed by atoms with E-state index in [0.29, 0.717) is 35.6 Å². The maximum absolute atomic E-state index is 5.78. The van der Waals surface area contributed by atoms with Crippen molar-refractivity contribution in [3.63, 3.8) is 0 Å². The van der Waals surface area contributed by atoms with Crippen molar-refractivity contribution in [3.05, 3.63) is 36.5 Å². The summed E-state index contributed by atoms with van der Waals surface area (Å²) in [6, 6.07) is 7.43. The van der Waals surface area contributed by atoms with Gasteiger partial charge in [-0.1, -0.05) is 17.3 Å². The molecule has 1 N–H and O–H groups in total. The molecule has 0 saturated heterocycles. The Morgan fingerprint density at radius 1 is 1.20 bits per heavy atom. The summed E-state index contributed by atoms with van der Waals surface area (Å²) in [4.78, 5) is 8.19. The first-order chi connectivity index (χ1) is 9.90. The van der Waals surface area contributed by atoms with Crippen molar-refractivity contribution in [3.8, 4) is 23.1 Å². The van der Waals surface area contributed by atoms with Crippen molar-refractivity contribution >= 4 is 0 Å². The third-order valence-corrected chi connectivity index (χ3v) is 2.85. The van der Waals surface area contributed by atoms with Crippen LogP contribution in [0.5, 0.6) is 11.5 Å². The Labute approximate surface area is 112 Å². The third-order valence-electron chi connectivity index (χ3n) is 2.85. The van der Waals surface area contributed by atoms with Crippen LogP contribution in [0.15, 0.2) is 35.1 Å². The topological polar surface area (TPSA) is 99.0 Å². The van der Waals surface area contributed by atoms with E-state index in [-0.39, 0.29) is 0 Å². The number of benzene rings is 1. The number of fused-ring (bicyclic) bond motifs is 1. The van der Waals surface area contributed by atoms with Crippen LogP contribution in [0.4, 0.5) is 0 Å². The second kappa shape index (κ2) is 4.34. The molecule has 4 rings (SSSR count). The second-order valence-electron chi connectivity index (χ2n) is 4.15. The molecular weight excluding hydrogens is 262 g/mol. The van der Waals surface area contributed by atoms with Gasteiger partial charge in [0.1, 0.15) is 12.9 Å². The van der Waals surface area contributed by atoms with Gasteiger partial charge in [0.05, 0.1) is 0 Å². The number of para-hydroxylation sites is 2. The highest BCUT2D eigenvalue weighted by Gasteiger charge is 2.28. The van der Waals surface area contributed by atoms with Gasteiger partial charge in [0, 0.05) is 0 Å². The van der Waals surface area contributed by atoms with Crippen LogP contribution in [0, 0.1) is 0 Å². The summed E-state index contributed by atoms with van der Waals surface area (Å²) in [5, 5.41) is 10.2. The number of rotatable bonds is 2. The molecule has 0 spiro atoms. The zero-order valence-electron chi connectivity index (χ0n) is 10.2. The molecule has 20 heavy (non-hydrogen) atoms. The molecule has 1 aliphatic rings. The average Bonchev–Trinajstić information content (AvgIpc) is 3.17. The van der Waals surface area contributed by atoms with E-state index in [1.165, 1.54) is 6.33 Å². The molecule has 0 aliphatic carbocycles. The standard InChI is InChI=1S/C12H9N5O3/c1-2-4-8-7(3-1)18-5-9(19-8)12-15-11(17-20-12)10-13-6-14-16-10/h1-4,6,9H,5H2,(H,13,14,16). The van der Waals surface area contributed by atoms with Gasteiger partial charge in [-0.2, -0.15) is 10.1 Å². The van der Waals surface area contributed by atoms with Crippen LogP contribution in [-0.2, 0) is 0 Å². The van der Waals surface area contributed by atoms with Gasteiger partial charge in [-0.15, -0.1) is 0 Å². The lowest BCUT2D eigenvalue weighted by Gasteiger charge is -2.23. The van der Waals surface area contributed by atoms with Crippen molar-refractivity contribution in [2.75, 3.05) is 6.61 Å². The van der Waals surface area contributed by atoms with Gasteiger partial charge in [-0.3, -0.25) is 5.10 Å². The van der Waals surface area contributed by atoms with Crippen LogP contribution in [0.3, 0.4) is 0 Å². The molecule has 0 bridgehead atoms. The van der Waals surface area contributed by atoms with Gasteiger partial charge in [-0.05, 0) is 12.1 Å². The summed E-state index contributed by atoms with van der Waals surface area (Å²) in [6.45, 7) is 0.315. The van der Waals surface area contributed by atoms with Crippen molar-refractivity contribution in [2.45, 2.75) is 6.10 Å². The monoisotopic (exact) mass is 271 g/mol. The zero-order valence-corrected chi connectivity index (χ0v) is 10.2. The van der Waals surface area contributed by atoms with Gasteiger partial charge in [0.2, 0.25) is 11.9 Å². The first-order valence-electron chi connectivity index (χ1n) is 5.98. The molecule has 0 amide bonds. The van der Waals surface area contributed by atoms with E-state index < -0.39 is 6.10 Å². The van der Waals surface area contributed by atoms with Gasteiger partial charge in [0.25, 0.3) is 5.89 Å². The largest absolute Gasteiger partial charge is 0.485 e. The molecule has 1 atom stereocenters. The van der Waals surface area contributed by atoms with Crippen molar-refractivity contribution in [1.29, 1.82) is 0 Å². The Bertz CT molecular complexity index is 724. The molecular formula is C12H9N5O3. The minimum atomic E-state index is -0.436. The lowest BCUT2D eigenvalue weighted by Crippen LogP contribution is -2.21. The Morgan fingerprint density at radius 2 is 2.10 bits per heavy atom. The number of nitrogens with one attached hydrogen (secondary N) is 1. The SMILES string of the molecule is c1ccc2c(c1)OCC(c1nc(-c3ncn[nH]3)no1)O2. The minimum Gasteiger partial charge on any atom is -0.485 e. The van der Waals surface area contributed by atoms with Crippen molar-refractivity contribution < 1.29 is 14.0 Å². The zero-order chi connectivity index (χ0) is 13.4. The second-order valence-corrected chi connectivity index (χ2v) is 4.15. The van der Waals surface area contributed by atoms with Crippen molar-refractivity contribution in [1.82, 2.24) is 25.3 Å². The number of nitrogens with zero attached hydrogens (tertiary/aromatic N) is 4. The fourth-order valence-corrected chi connectivity index (χ4v) is 1.92. The van der Waals surface area contributed by atoms with Gasteiger partial charge < -0.3 is 14.0 Å². The summed E-state index contributed by atoms with van der Waals surface area (Å²) in [7, 11) is 0. The maximum Gasteiger partial charge on any atom is 0.271 e. The molecule has 8 heteroatoms. The number of H-pyrrole nitrogens is 1. The predicted octanol–water partition coefficient (Wildman–Crippen LogP) is 1.37. The summed E-state index contributed by atoms with van der Waals surface area (Å²) in [5.74, 6) is 2.48. The predicted molar refractivity (Wildman–Crippen MR) is 65.0 cm³/mol. The smallest absolute Gasteiger partial charge is 0.271 e. The summed E-state index contributed by atoms with van der Waals surface area (Å²) < 4.78 is 16.6. The molecule has 1 aromatic carbocycles. The van der Waals surface area contributed by atoms with Crippen LogP contribution in [-0.4, -0.2) is 31.9 Å². The quantitative estimate of drug-likeness (QED) is 0.751. The van der Waals surface area contributed by atoms with E-state index in [0.717, 1.165) is 0 Å². The van der Waals surface area contributed by atoms with Crippen LogP contribution in [0.25, 0.3) is 11.6 Å². The number of hydrogen-bond donors (Lipinski definition) is 1. The third kappa shape index (κ3) is 1.78. The first-order valence-corrected chi connectivity index (χ1v) is 5.98. The molecule has 0 saturated carbocycles. The lowest BCUT2D eigenvalue weighted by atomic mass is 10.2. The Balaban J connectivity index is 1.60. The van der Waals surface area contributed by atoms with E-state index in [9.17, 15) is 0 Å². The van der Waals surface area contributed by atoms with Crippen LogP contribution in [0.1, 0.15) is 12.0 Å². The molecule has 8 nitrogen and oxygen atoms in total. The molecule has 1 aliphatic heterocycles. The lowest BCUT2D eigenvalue weighted by molar-refractivity contribution is 0.0665. The Hall–Kier alpha value is -2.90. The van der Waals surface area contributed by atoms with Gasteiger partial charge >= 0.3 is 0 Å². The normalized spacial score (nSPS) is 17.1. The maximum atomic E-state index is 5.78. The number of ether oxygens (including phenoxy) is 2. The minimum absolute atomic E-state index is 0.315. The highest BCUT2D eigenvalue weighted by Crippen LogP contribution is 2.35. The number of aromatic amines is 1. The highest BCUT2D eigenvalue weighted by atomic mass is 16.6. The van der Waals surface area contributed by atoms with Gasteiger partial charge in [-0.25, -0.2) is 4.98 Å².